The highest BCUT2D eigenvalue weighted by molar-refractivity contribution is 5.89. The molecule has 3 aliphatic rings. The van der Waals surface area contributed by atoms with Crippen molar-refractivity contribution >= 4 is 23.6 Å². The number of fused-ring (bicyclic) bond motifs is 1. The molecule has 1 N–H and O–H groups in total. The fraction of sp³-hybridized carbons (Fsp3) is 0.500. The number of hydrogen-bond acceptors (Lipinski definition) is 4. The Hall–Kier alpha value is -3.08. The van der Waals surface area contributed by atoms with Gasteiger partial charge < -0.3 is 19.8 Å². The summed E-state index contributed by atoms with van der Waals surface area (Å²) in [4.78, 5) is 42.0. The number of nitrogens with zero attached hydrogens (tertiary/aromatic N) is 3. The van der Waals surface area contributed by atoms with Crippen molar-refractivity contribution in [2.75, 3.05) is 31.1 Å². The molecule has 0 radical (unpaired) electrons. The van der Waals surface area contributed by atoms with Gasteiger partial charge in [0.25, 0.3) is 5.54 Å². The Morgan fingerprint density at radius 3 is 2.39 bits per heavy atom. The van der Waals surface area contributed by atoms with Crippen molar-refractivity contribution < 1.29 is 19.1 Å². The van der Waals surface area contributed by atoms with Gasteiger partial charge in [0, 0.05) is 38.2 Å². The zero-order chi connectivity index (χ0) is 20.1. The number of nitrogens with one attached hydrogen (secondary N) is 1. The molecule has 8 heteroatoms. The topological polar surface area (TPSA) is 83.3 Å². The highest BCUT2D eigenvalue weighted by Crippen LogP contribution is 2.64. The second-order valence-electron chi connectivity index (χ2n) is 7.67. The maximum absolute atomic E-state index is 12.1. The lowest BCUT2D eigenvalue weighted by Crippen LogP contribution is -2.33. The van der Waals surface area contributed by atoms with Crippen molar-refractivity contribution in [3.8, 4) is 0 Å². The van der Waals surface area contributed by atoms with Crippen LogP contribution in [0.25, 0.3) is 4.85 Å². The standard InChI is InChI=1S/C20H22N4O4/c1-12(25)22-8-16-9-24(19(27)28-16)15-6-4-14(5-7-15)20(21-3)17-10-23(13(2)26)11-18(17)20/h4-7,16-18H,8-11H2,1-2H3,(H,22,25)/t16-,17-,18+,20?/m0/s1. The highest BCUT2D eigenvalue weighted by Gasteiger charge is 2.77. The summed E-state index contributed by atoms with van der Waals surface area (Å²) in [7, 11) is 0. The van der Waals surface area contributed by atoms with Crippen molar-refractivity contribution in [1.29, 1.82) is 0 Å². The van der Waals surface area contributed by atoms with Crippen molar-refractivity contribution in [3.05, 3.63) is 41.2 Å². The Balaban J connectivity index is 1.45. The molecule has 1 aliphatic carbocycles. The zero-order valence-electron chi connectivity index (χ0n) is 15.8. The molecule has 1 aromatic carbocycles. The van der Waals surface area contributed by atoms with Crippen LogP contribution in [0, 0.1) is 18.4 Å². The van der Waals surface area contributed by atoms with Gasteiger partial charge in [-0.15, -0.1) is 0 Å². The van der Waals surface area contributed by atoms with Crippen molar-refractivity contribution in [3.63, 3.8) is 0 Å². The molecule has 0 aromatic heterocycles. The van der Waals surface area contributed by atoms with Gasteiger partial charge in [-0.3, -0.25) is 14.5 Å². The Bertz CT molecular complexity index is 863. The predicted octanol–water partition coefficient (Wildman–Crippen LogP) is 1.37. The van der Waals surface area contributed by atoms with Crippen LogP contribution < -0.4 is 10.2 Å². The molecule has 0 bridgehead atoms. The molecule has 2 aliphatic heterocycles. The molecule has 1 saturated carbocycles. The summed E-state index contributed by atoms with van der Waals surface area (Å²) in [5.41, 5.74) is 1.09. The summed E-state index contributed by atoms with van der Waals surface area (Å²) >= 11 is 0. The van der Waals surface area contributed by atoms with Crippen molar-refractivity contribution in [2.24, 2.45) is 11.8 Å². The predicted molar refractivity (Wildman–Crippen MR) is 100 cm³/mol. The van der Waals surface area contributed by atoms with Gasteiger partial charge >= 0.3 is 6.09 Å². The first-order chi connectivity index (χ1) is 13.4. The van der Waals surface area contributed by atoms with Crippen LogP contribution in [0.15, 0.2) is 24.3 Å². The van der Waals surface area contributed by atoms with Crippen LogP contribution in [-0.2, 0) is 19.9 Å². The molecule has 2 heterocycles. The van der Waals surface area contributed by atoms with Crippen LogP contribution in [0.4, 0.5) is 10.5 Å². The molecule has 28 heavy (non-hydrogen) atoms. The number of amides is 3. The maximum atomic E-state index is 12.1. The second-order valence-corrected chi connectivity index (χ2v) is 7.67. The van der Waals surface area contributed by atoms with E-state index in [0.717, 1.165) is 5.56 Å². The minimum absolute atomic E-state index is 0.0581. The van der Waals surface area contributed by atoms with Gasteiger partial charge in [0.1, 0.15) is 6.10 Å². The number of rotatable bonds is 4. The first-order valence-electron chi connectivity index (χ1n) is 9.34. The molecule has 4 rings (SSSR count). The first kappa shape index (κ1) is 18.3. The van der Waals surface area contributed by atoms with E-state index in [1.54, 1.807) is 6.92 Å². The molecule has 0 spiro atoms. The summed E-state index contributed by atoms with van der Waals surface area (Å²) in [5, 5.41) is 2.65. The summed E-state index contributed by atoms with van der Waals surface area (Å²) < 4.78 is 5.29. The Kier molecular flexibility index (Phi) is 4.26. The number of cyclic esters (lactones) is 1. The average Bonchev–Trinajstić information content (AvgIpc) is 2.99. The number of ether oxygens (including phenoxy) is 1. The van der Waals surface area contributed by atoms with Gasteiger partial charge in [0.05, 0.1) is 24.9 Å². The van der Waals surface area contributed by atoms with Crippen molar-refractivity contribution in [1.82, 2.24) is 10.2 Å². The lowest BCUT2D eigenvalue weighted by Gasteiger charge is -2.20. The summed E-state index contributed by atoms with van der Waals surface area (Å²) in [6.07, 6.45) is -0.825. The number of benzene rings is 1. The van der Waals surface area contributed by atoms with Crippen LogP contribution in [0.2, 0.25) is 0 Å². The molecule has 4 atom stereocenters. The van der Waals surface area contributed by atoms with E-state index < -0.39 is 11.6 Å². The van der Waals surface area contributed by atoms with E-state index in [0.29, 0.717) is 25.3 Å². The van der Waals surface area contributed by atoms with Crippen LogP contribution in [-0.4, -0.2) is 55.1 Å². The van der Waals surface area contributed by atoms with E-state index in [2.05, 4.69) is 10.2 Å². The molecular formula is C20H22N4O4. The number of carbonyl (C=O) groups excluding carboxylic acids is 3. The number of hydrogen-bond donors (Lipinski definition) is 1. The SMILES string of the molecule is [C-]#[N+]C1(c2ccc(N3C[C@H](CNC(C)=O)OC3=O)cc2)[C@@H]2CN(C(C)=O)C[C@@H]21. The van der Waals surface area contributed by atoms with Gasteiger partial charge in [-0.1, -0.05) is 0 Å². The number of carbonyl (C=O) groups is 3. The number of anilines is 1. The normalized spacial score (nSPS) is 30.5. The molecule has 8 nitrogen and oxygen atoms in total. The molecular weight excluding hydrogens is 360 g/mol. The van der Waals surface area contributed by atoms with E-state index in [4.69, 9.17) is 11.3 Å². The third-order valence-corrected chi connectivity index (χ3v) is 6.07. The average molecular weight is 382 g/mol. The summed E-state index contributed by atoms with van der Waals surface area (Å²) in [6.45, 7) is 12.6. The zero-order valence-corrected chi connectivity index (χ0v) is 15.8. The fourth-order valence-corrected chi connectivity index (χ4v) is 4.52. The van der Waals surface area contributed by atoms with E-state index in [1.165, 1.54) is 11.8 Å². The monoisotopic (exact) mass is 382 g/mol. The molecule has 2 saturated heterocycles. The van der Waals surface area contributed by atoms with E-state index >= 15 is 0 Å². The summed E-state index contributed by atoms with van der Waals surface area (Å²) in [5.74, 6) is 0.251. The minimum Gasteiger partial charge on any atom is -0.442 e. The third-order valence-electron chi connectivity index (χ3n) is 6.07. The summed E-state index contributed by atoms with van der Waals surface area (Å²) in [6, 6.07) is 7.47. The van der Waals surface area contributed by atoms with E-state index in [9.17, 15) is 14.4 Å². The molecule has 3 fully saturated rings. The van der Waals surface area contributed by atoms with E-state index in [1.807, 2.05) is 29.2 Å². The van der Waals surface area contributed by atoms with Crippen LogP contribution in [0.1, 0.15) is 19.4 Å². The van der Waals surface area contributed by atoms with Crippen molar-refractivity contribution in [2.45, 2.75) is 25.5 Å². The molecule has 3 amide bonds. The van der Waals surface area contributed by atoms with Crippen LogP contribution >= 0.6 is 0 Å². The van der Waals surface area contributed by atoms with Gasteiger partial charge in [0.2, 0.25) is 11.8 Å². The second kappa shape index (κ2) is 6.51. The molecule has 1 unspecified atom stereocenters. The Morgan fingerprint density at radius 2 is 1.86 bits per heavy atom. The lowest BCUT2D eigenvalue weighted by atomic mass is 9.99. The number of likely N-dealkylation sites (tertiary alicyclic amines) is 1. The Labute approximate surface area is 163 Å². The quantitative estimate of drug-likeness (QED) is 0.798. The van der Waals surface area contributed by atoms with E-state index in [-0.39, 0.29) is 36.3 Å². The Morgan fingerprint density at radius 1 is 1.21 bits per heavy atom. The fourth-order valence-electron chi connectivity index (χ4n) is 4.52. The molecule has 1 aromatic rings. The lowest BCUT2D eigenvalue weighted by molar-refractivity contribution is -0.128. The third kappa shape index (κ3) is 2.78. The van der Waals surface area contributed by atoms with Crippen LogP contribution in [0.5, 0.6) is 0 Å². The highest BCUT2D eigenvalue weighted by atomic mass is 16.6. The largest absolute Gasteiger partial charge is 0.442 e. The minimum atomic E-state index is -0.552. The van der Waals surface area contributed by atoms with Crippen LogP contribution in [0.3, 0.4) is 0 Å². The molecule has 146 valence electrons. The van der Waals surface area contributed by atoms with Gasteiger partial charge in [-0.05, 0) is 24.3 Å². The smallest absolute Gasteiger partial charge is 0.414 e. The van der Waals surface area contributed by atoms with Gasteiger partial charge in [-0.25, -0.2) is 11.4 Å². The maximum Gasteiger partial charge on any atom is 0.414 e. The first-order valence-corrected chi connectivity index (χ1v) is 9.34. The number of piperidine rings is 1. The van der Waals surface area contributed by atoms with Gasteiger partial charge in [0.15, 0.2) is 0 Å². The van der Waals surface area contributed by atoms with Gasteiger partial charge in [-0.2, -0.15) is 0 Å².